The number of halogens is 1. The van der Waals surface area contributed by atoms with Crippen LogP contribution in [-0.4, -0.2) is 17.9 Å². The number of hydrogen-bond acceptors (Lipinski definition) is 2. The summed E-state index contributed by atoms with van der Waals surface area (Å²) in [6, 6.07) is 14.0. The lowest BCUT2D eigenvalue weighted by atomic mass is 10.0. The summed E-state index contributed by atoms with van der Waals surface area (Å²) in [5, 5.41) is 5.67. The van der Waals surface area contributed by atoms with E-state index < -0.39 is 17.8 Å². The third-order valence-corrected chi connectivity index (χ3v) is 4.00. The van der Waals surface area contributed by atoms with Crippen molar-refractivity contribution in [1.82, 2.24) is 10.6 Å². The van der Waals surface area contributed by atoms with Crippen LogP contribution >= 0.6 is 0 Å². The first-order valence-electron chi connectivity index (χ1n) is 8.30. The van der Waals surface area contributed by atoms with Gasteiger partial charge in [0.15, 0.2) is 0 Å². The second-order valence-corrected chi connectivity index (χ2v) is 6.34. The van der Waals surface area contributed by atoms with Crippen LogP contribution in [0.1, 0.15) is 42.7 Å². The summed E-state index contributed by atoms with van der Waals surface area (Å²) in [6.45, 7) is 5.62. The average Bonchev–Trinajstić information content (AvgIpc) is 2.60. The summed E-state index contributed by atoms with van der Waals surface area (Å²) in [5.41, 5.74) is 1.30. The lowest BCUT2D eigenvalue weighted by molar-refractivity contribution is -0.124. The molecule has 0 saturated carbocycles. The number of benzene rings is 2. The summed E-state index contributed by atoms with van der Waals surface area (Å²) < 4.78 is 13.0. The van der Waals surface area contributed by atoms with E-state index in [0.29, 0.717) is 5.56 Å². The van der Waals surface area contributed by atoms with E-state index >= 15 is 0 Å². The van der Waals surface area contributed by atoms with Crippen molar-refractivity contribution in [3.05, 3.63) is 71.5 Å². The number of carbonyl (C=O) groups is 2. The van der Waals surface area contributed by atoms with E-state index in [1.165, 1.54) is 24.3 Å². The van der Waals surface area contributed by atoms with Gasteiger partial charge in [-0.25, -0.2) is 4.39 Å². The standard InChI is InChI=1S/C20H23FN2O2/c1-13(2)18(23-19(24)16-9-11-17(21)12-10-16)20(25)22-14(3)15-7-5-4-6-8-15/h4-14,18H,1-3H3,(H,22,25)(H,23,24). The maximum Gasteiger partial charge on any atom is 0.251 e. The van der Waals surface area contributed by atoms with Crippen LogP contribution in [0.3, 0.4) is 0 Å². The van der Waals surface area contributed by atoms with Crippen molar-refractivity contribution in [2.45, 2.75) is 32.9 Å². The highest BCUT2D eigenvalue weighted by Gasteiger charge is 2.26. The van der Waals surface area contributed by atoms with Crippen molar-refractivity contribution in [2.75, 3.05) is 0 Å². The Morgan fingerprint density at radius 2 is 1.48 bits per heavy atom. The summed E-state index contributed by atoms with van der Waals surface area (Å²) in [4.78, 5) is 24.9. The van der Waals surface area contributed by atoms with Crippen LogP contribution in [0.4, 0.5) is 4.39 Å². The van der Waals surface area contributed by atoms with Gasteiger partial charge in [-0.2, -0.15) is 0 Å². The molecular formula is C20H23FN2O2. The molecule has 0 heterocycles. The Hall–Kier alpha value is -2.69. The van der Waals surface area contributed by atoms with Crippen LogP contribution in [0.15, 0.2) is 54.6 Å². The minimum atomic E-state index is -0.677. The van der Waals surface area contributed by atoms with Crippen molar-refractivity contribution >= 4 is 11.8 Å². The van der Waals surface area contributed by atoms with Crippen molar-refractivity contribution < 1.29 is 14.0 Å². The maximum absolute atomic E-state index is 13.0. The molecule has 2 atom stereocenters. The topological polar surface area (TPSA) is 58.2 Å². The summed E-state index contributed by atoms with van der Waals surface area (Å²) >= 11 is 0. The molecule has 25 heavy (non-hydrogen) atoms. The fourth-order valence-corrected chi connectivity index (χ4v) is 2.49. The smallest absolute Gasteiger partial charge is 0.251 e. The van der Waals surface area contributed by atoms with Crippen LogP contribution in [-0.2, 0) is 4.79 Å². The monoisotopic (exact) mass is 342 g/mol. The molecule has 2 N–H and O–H groups in total. The summed E-state index contributed by atoms with van der Waals surface area (Å²) in [6.07, 6.45) is 0. The number of carbonyl (C=O) groups excluding carboxylic acids is 2. The first kappa shape index (κ1) is 18.6. The lowest BCUT2D eigenvalue weighted by Crippen LogP contribution is -2.50. The number of nitrogens with one attached hydrogen (secondary N) is 2. The van der Waals surface area contributed by atoms with Crippen LogP contribution in [0.5, 0.6) is 0 Å². The van der Waals surface area contributed by atoms with Gasteiger partial charge >= 0.3 is 0 Å². The quantitative estimate of drug-likeness (QED) is 0.845. The Balaban J connectivity index is 2.05. The molecule has 0 aliphatic heterocycles. The molecule has 0 fully saturated rings. The molecule has 2 aromatic carbocycles. The zero-order valence-electron chi connectivity index (χ0n) is 14.6. The second kappa shape index (κ2) is 8.42. The molecule has 0 saturated heterocycles. The third-order valence-electron chi connectivity index (χ3n) is 4.00. The number of amides is 2. The molecule has 2 rings (SSSR count). The Kier molecular flexibility index (Phi) is 6.28. The van der Waals surface area contributed by atoms with E-state index in [9.17, 15) is 14.0 Å². The predicted octanol–water partition coefficient (Wildman–Crippen LogP) is 3.46. The molecule has 0 bridgehead atoms. The molecule has 2 unspecified atom stereocenters. The molecule has 0 spiro atoms. The van der Waals surface area contributed by atoms with Crippen LogP contribution in [0.25, 0.3) is 0 Å². The van der Waals surface area contributed by atoms with Gasteiger partial charge in [0.1, 0.15) is 11.9 Å². The average molecular weight is 342 g/mol. The molecular weight excluding hydrogens is 319 g/mol. The van der Waals surface area contributed by atoms with Gasteiger partial charge in [0.2, 0.25) is 5.91 Å². The molecule has 0 aliphatic rings. The molecule has 0 aliphatic carbocycles. The largest absolute Gasteiger partial charge is 0.348 e. The van der Waals surface area contributed by atoms with E-state index in [1.807, 2.05) is 51.1 Å². The molecule has 2 aromatic rings. The normalized spacial score (nSPS) is 13.2. The molecule has 0 radical (unpaired) electrons. The molecule has 2 amide bonds. The second-order valence-electron chi connectivity index (χ2n) is 6.34. The fraction of sp³-hybridized carbons (Fsp3) is 0.300. The van der Waals surface area contributed by atoms with Gasteiger partial charge in [0, 0.05) is 5.56 Å². The fourth-order valence-electron chi connectivity index (χ4n) is 2.49. The summed E-state index contributed by atoms with van der Waals surface area (Å²) in [5.74, 6) is -1.15. The summed E-state index contributed by atoms with van der Waals surface area (Å²) in [7, 11) is 0. The molecule has 5 heteroatoms. The minimum absolute atomic E-state index is 0.0904. The van der Waals surface area contributed by atoms with Crippen LogP contribution < -0.4 is 10.6 Å². The zero-order chi connectivity index (χ0) is 18.4. The van der Waals surface area contributed by atoms with Gasteiger partial charge in [-0.15, -0.1) is 0 Å². The van der Waals surface area contributed by atoms with Gasteiger partial charge in [-0.1, -0.05) is 44.2 Å². The highest BCUT2D eigenvalue weighted by molar-refractivity contribution is 5.97. The number of rotatable bonds is 6. The van der Waals surface area contributed by atoms with Crippen molar-refractivity contribution in [3.63, 3.8) is 0 Å². The first-order valence-corrected chi connectivity index (χ1v) is 8.30. The SMILES string of the molecule is CC(NC(=O)C(NC(=O)c1ccc(F)cc1)C(C)C)c1ccccc1. The maximum atomic E-state index is 13.0. The van der Waals surface area contributed by atoms with Gasteiger partial charge in [0.25, 0.3) is 5.91 Å². The Labute approximate surface area is 147 Å². The van der Waals surface area contributed by atoms with Crippen molar-refractivity contribution in [3.8, 4) is 0 Å². The van der Waals surface area contributed by atoms with Gasteiger partial charge in [-0.05, 0) is 42.7 Å². The van der Waals surface area contributed by atoms with Gasteiger partial charge in [-0.3, -0.25) is 9.59 Å². The zero-order valence-corrected chi connectivity index (χ0v) is 14.6. The van der Waals surface area contributed by atoms with Crippen molar-refractivity contribution in [1.29, 1.82) is 0 Å². The molecule has 0 aromatic heterocycles. The minimum Gasteiger partial charge on any atom is -0.348 e. The van der Waals surface area contributed by atoms with E-state index in [0.717, 1.165) is 5.56 Å². The lowest BCUT2D eigenvalue weighted by Gasteiger charge is -2.24. The Morgan fingerprint density at radius 3 is 2.04 bits per heavy atom. The molecule has 4 nitrogen and oxygen atoms in total. The molecule has 132 valence electrons. The highest BCUT2D eigenvalue weighted by atomic mass is 19.1. The van der Waals surface area contributed by atoms with E-state index in [-0.39, 0.29) is 17.9 Å². The van der Waals surface area contributed by atoms with E-state index in [4.69, 9.17) is 0 Å². The third kappa shape index (κ3) is 5.14. The Bertz CT molecular complexity index is 714. The highest BCUT2D eigenvalue weighted by Crippen LogP contribution is 2.13. The first-order chi connectivity index (χ1) is 11.9. The van der Waals surface area contributed by atoms with Crippen molar-refractivity contribution in [2.24, 2.45) is 5.92 Å². The van der Waals surface area contributed by atoms with Crippen LogP contribution in [0.2, 0.25) is 0 Å². The number of hydrogen-bond donors (Lipinski definition) is 2. The van der Waals surface area contributed by atoms with Gasteiger partial charge < -0.3 is 10.6 Å². The van der Waals surface area contributed by atoms with E-state index in [1.54, 1.807) is 0 Å². The van der Waals surface area contributed by atoms with E-state index in [2.05, 4.69) is 10.6 Å². The Morgan fingerprint density at radius 1 is 0.880 bits per heavy atom. The predicted molar refractivity (Wildman–Crippen MR) is 95.5 cm³/mol. The van der Waals surface area contributed by atoms with Crippen LogP contribution in [0, 0.1) is 11.7 Å². The van der Waals surface area contributed by atoms with Gasteiger partial charge in [0.05, 0.1) is 6.04 Å².